The largest absolute Gasteiger partial charge is 0.412 e. The van der Waals surface area contributed by atoms with Crippen LogP contribution in [0.1, 0.15) is 11.1 Å². The second-order valence-corrected chi connectivity index (χ2v) is 3.49. The van der Waals surface area contributed by atoms with Crippen LogP contribution in [-0.2, 0) is 6.42 Å². The van der Waals surface area contributed by atoms with E-state index in [4.69, 9.17) is 0 Å². The average Bonchev–Trinajstić information content (AvgIpc) is 2.56. The summed E-state index contributed by atoms with van der Waals surface area (Å²) in [5.41, 5.74) is 5.75. The van der Waals surface area contributed by atoms with Gasteiger partial charge in [-0.05, 0) is 28.7 Å². The number of benzene rings is 2. The molecule has 1 aliphatic rings. The molecule has 0 heterocycles. The second-order valence-electron chi connectivity index (χ2n) is 3.49. The van der Waals surface area contributed by atoms with Gasteiger partial charge in [0.2, 0.25) is 0 Å². The monoisotopic (exact) mass is 202 g/mol. The van der Waals surface area contributed by atoms with Crippen LogP contribution >= 0.6 is 0 Å². The lowest BCUT2D eigenvalue weighted by molar-refractivity contribution is 0.823. The third-order valence-corrected chi connectivity index (χ3v) is 2.71. The highest BCUT2D eigenvalue weighted by Crippen LogP contribution is 2.35. The van der Waals surface area contributed by atoms with E-state index in [-0.39, 0.29) is 11.0 Å². The van der Waals surface area contributed by atoms with Crippen molar-refractivity contribution in [2.24, 2.45) is 0 Å². The maximum atomic E-state index is 2.22. The first-order valence-corrected chi connectivity index (χ1v) is 4.61. The van der Waals surface area contributed by atoms with E-state index in [0.717, 1.165) is 6.42 Å². The van der Waals surface area contributed by atoms with E-state index in [9.17, 15) is 0 Å². The molecule has 0 amide bonds. The molecule has 0 aliphatic heterocycles. The van der Waals surface area contributed by atoms with Crippen molar-refractivity contribution < 1.29 is 11.0 Å². The number of hydrogen-bond donors (Lipinski definition) is 0. The highest BCUT2D eigenvalue weighted by atomic mass is 16.0. The highest BCUT2D eigenvalue weighted by Gasteiger charge is 2.15. The van der Waals surface area contributed by atoms with Crippen molar-refractivity contribution in [2.45, 2.75) is 6.42 Å². The van der Waals surface area contributed by atoms with Gasteiger partial charge in [0.15, 0.2) is 0 Å². The van der Waals surface area contributed by atoms with Gasteiger partial charge in [-0.3, -0.25) is 0 Å². The second kappa shape index (κ2) is 4.26. The van der Waals surface area contributed by atoms with Crippen LogP contribution in [0, 0.1) is 0 Å². The Kier molecular flexibility index (Phi) is 3.24. The summed E-state index contributed by atoms with van der Waals surface area (Å²) < 4.78 is 0. The van der Waals surface area contributed by atoms with E-state index in [2.05, 4.69) is 48.5 Å². The molecule has 0 saturated heterocycles. The van der Waals surface area contributed by atoms with Crippen LogP contribution in [0.15, 0.2) is 48.5 Å². The van der Waals surface area contributed by atoms with Crippen molar-refractivity contribution in [3.63, 3.8) is 0 Å². The molecule has 4 N–H and O–H groups in total. The number of rotatable bonds is 0. The van der Waals surface area contributed by atoms with Gasteiger partial charge in [-0.1, -0.05) is 48.5 Å². The Hall–Kier alpha value is -1.64. The summed E-state index contributed by atoms with van der Waals surface area (Å²) in [5, 5.41) is 0. The van der Waals surface area contributed by atoms with E-state index >= 15 is 0 Å². The Morgan fingerprint density at radius 2 is 1.00 bits per heavy atom. The van der Waals surface area contributed by atoms with Crippen molar-refractivity contribution in [3.8, 4) is 11.1 Å². The van der Waals surface area contributed by atoms with E-state index in [1.807, 2.05) is 0 Å². The van der Waals surface area contributed by atoms with Crippen LogP contribution in [0.25, 0.3) is 11.1 Å². The Bertz CT molecular complexity index is 420. The molecule has 1 aliphatic carbocycles. The van der Waals surface area contributed by atoms with Crippen molar-refractivity contribution in [3.05, 3.63) is 59.7 Å². The molecule has 0 saturated carbocycles. The van der Waals surface area contributed by atoms with Gasteiger partial charge in [0.05, 0.1) is 0 Å². The van der Waals surface area contributed by atoms with Gasteiger partial charge in [0, 0.05) is 0 Å². The minimum absolute atomic E-state index is 0. The van der Waals surface area contributed by atoms with Gasteiger partial charge in [0.1, 0.15) is 0 Å². The van der Waals surface area contributed by atoms with Gasteiger partial charge in [0.25, 0.3) is 0 Å². The summed E-state index contributed by atoms with van der Waals surface area (Å²) in [5.74, 6) is 0. The third-order valence-electron chi connectivity index (χ3n) is 2.71. The summed E-state index contributed by atoms with van der Waals surface area (Å²) >= 11 is 0. The van der Waals surface area contributed by atoms with Gasteiger partial charge in [-0.15, -0.1) is 0 Å². The normalized spacial score (nSPS) is 10.7. The smallest absolute Gasteiger partial charge is 0.00135 e. The molecule has 0 radical (unpaired) electrons. The number of fused-ring (bicyclic) bond motifs is 3. The Morgan fingerprint density at radius 3 is 1.47 bits per heavy atom. The first kappa shape index (κ1) is 11.4. The number of hydrogen-bond acceptors (Lipinski definition) is 0. The summed E-state index contributed by atoms with van der Waals surface area (Å²) in [4.78, 5) is 0. The molecule has 15 heavy (non-hydrogen) atoms. The molecular weight excluding hydrogens is 188 g/mol. The zero-order valence-corrected chi connectivity index (χ0v) is 8.33. The average molecular weight is 202 g/mol. The predicted octanol–water partition coefficient (Wildman–Crippen LogP) is 1.61. The summed E-state index contributed by atoms with van der Waals surface area (Å²) in [6.45, 7) is 0. The molecule has 78 valence electrons. The molecule has 2 aromatic carbocycles. The molecule has 2 heteroatoms. The first-order valence-electron chi connectivity index (χ1n) is 4.61. The molecule has 2 aromatic rings. The molecule has 0 aromatic heterocycles. The fraction of sp³-hybridized carbons (Fsp3) is 0.0769. The van der Waals surface area contributed by atoms with E-state index in [1.54, 1.807) is 0 Å². The van der Waals surface area contributed by atoms with Crippen LogP contribution < -0.4 is 0 Å². The summed E-state index contributed by atoms with van der Waals surface area (Å²) in [6, 6.07) is 17.3. The summed E-state index contributed by atoms with van der Waals surface area (Å²) in [7, 11) is 0. The lowest BCUT2D eigenvalue weighted by atomic mass is 10.1. The van der Waals surface area contributed by atoms with Crippen LogP contribution in [0.4, 0.5) is 0 Å². The lowest BCUT2D eigenvalue weighted by Crippen LogP contribution is -1.77. The van der Waals surface area contributed by atoms with Crippen LogP contribution in [0.2, 0.25) is 0 Å². The quantitative estimate of drug-likeness (QED) is 0.531. The molecule has 2 nitrogen and oxygen atoms in total. The zero-order valence-electron chi connectivity index (χ0n) is 8.33. The van der Waals surface area contributed by atoms with Crippen LogP contribution in [0.3, 0.4) is 0 Å². The van der Waals surface area contributed by atoms with Gasteiger partial charge < -0.3 is 11.0 Å². The first-order chi connectivity index (χ1) is 6.45. The minimum atomic E-state index is 0. The SMILES string of the molecule is O.O.c1ccc2c(c1)Cc1ccccc1-2. The lowest BCUT2D eigenvalue weighted by Gasteiger charge is -1.98. The van der Waals surface area contributed by atoms with Crippen molar-refractivity contribution >= 4 is 0 Å². The molecule has 0 atom stereocenters. The minimum Gasteiger partial charge on any atom is -0.412 e. The maximum Gasteiger partial charge on any atom is -0.00135 e. The predicted molar refractivity (Wildman–Crippen MR) is 61.9 cm³/mol. The third kappa shape index (κ3) is 1.65. The van der Waals surface area contributed by atoms with E-state index in [0.29, 0.717) is 0 Å². The van der Waals surface area contributed by atoms with Crippen molar-refractivity contribution in [1.29, 1.82) is 0 Å². The molecule has 0 spiro atoms. The fourth-order valence-electron chi connectivity index (χ4n) is 2.08. The van der Waals surface area contributed by atoms with Gasteiger partial charge in [-0.25, -0.2) is 0 Å². The highest BCUT2D eigenvalue weighted by molar-refractivity contribution is 5.76. The Morgan fingerprint density at radius 1 is 0.600 bits per heavy atom. The van der Waals surface area contributed by atoms with Crippen LogP contribution in [-0.4, -0.2) is 11.0 Å². The topological polar surface area (TPSA) is 63.0 Å². The van der Waals surface area contributed by atoms with Crippen LogP contribution in [0.5, 0.6) is 0 Å². The molecule has 0 bridgehead atoms. The Labute approximate surface area is 88.8 Å². The zero-order chi connectivity index (χ0) is 8.67. The molecule has 3 rings (SSSR count). The standard InChI is InChI=1S/C13H10.2H2O/c1-3-7-12-10(5-1)9-11-6-2-4-8-13(11)12;;/h1-8H,9H2;2*1H2. The van der Waals surface area contributed by atoms with Crippen molar-refractivity contribution in [2.75, 3.05) is 0 Å². The fourth-order valence-corrected chi connectivity index (χ4v) is 2.08. The van der Waals surface area contributed by atoms with Crippen molar-refractivity contribution in [1.82, 2.24) is 0 Å². The maximum absolute atomic E-state index is 2.22. The van der Waals surface area contributed by atoms with E-state index in [1.165, 1.54) is 22.3 Å². The van der Waals surface area contributed by atoms with Gasteiger partial charge >= 0.3 is 0 Å². The van der Waals surface area contributed by atoms with E-state index < -0.39 is 0 Å². The van der Waals surface area contributed by atoms with Gasteiger partial charge in [-0.2, -0.15) is 0 Å². The Balaban J connectivity index is 0.000000562. The molecule has 0 fully saturated rings. The summed E-state index contributed by atoms with van der Waals surface area (Å²) in [6.07, 6.45) is 1.10. The molecule has 0 unspecified atom stereocenters. The molecular formula is C13H14O2.